The minimum atomic E-state index is -0.704. The molecule has 1 aromatic carbocycles. The van der Waals surface area contributed by atoms with Crippen LogP contribution in [0.25, 0.3) is 0 Å². The third kappa shape index (κ3) is 4.33. The van der Waals surface area contributed by atoms with Gasteiger partial charge in [-0.2, -0.15) is 0 Å². The second kappa shape index (κ2) is 7.77. The Kier molecular flexibility index (Phi) is 6.01. The number of rotatable bonds is 7. The maximum atomic E-state index is 11.4. The first-order valence-electron chi connectivity index (χ1n) is 8.59. The van der Waals surface area contributed by atoms with E-state index >= 15 is 0 Å². The minimum Gasteiger partial charge on any atom is -0.480 e. The van der Waals surface area contributed by atoms with Gasteiger partial charge in [0.05, 0.1) is 0 Å². The van der Waals surface area contributed by atoms with Gasteiger partial charge in [-0.1, -0.05) is 57.0 Å². The van der Waals surface area contributed by atoms with Gasteiger partial charge in [0.15, 0.2) is 0 Å². The van der Waals surface area contributed by atoms with Gasteiger partial charge in [-0.05, 0) is 43.1 Å². The molecule has 0 heterocycles. The zero-order valence-electron chi connectivity index (χ0n) is 13.8. The van der Waals surface area contributed by atoms with Crippen LogP contribution in [0.1, 0.15) is 64.4 Å². The summed E-state index contributed by atoms with van der Waals surface area (Å²) in [5, 5.41) is 12.7. The molecule has 0 radical (unpaired) electrons. The number of nitrogens with one attached hydrogen (secondary N) is 1. The molecule has 1 aliphatic rings. The van der Waals surface area contributed by atoms with Crippen molar-refractivity contribution in [2.45, 2.75) is 76.3 Å². The summed E-state index contributed by atoms with van der Waals surface area (Å²) in [5.41, 5.74) is 1.65. The molecule has 22 heavy (non-hydrogen) atoms. The van der Waals surface area contributed by atoms with E-state index in [1.807, 2.05) is 0 Å². The van der Waals surface area contributed by atoms with E-state index in [0.717, 1.165) is 44.9 Å². The van der Waals surface area contributed by atoms with Crippen LogP contribution in [0.15, 0.2) is 30.3 Å². The Balaban J connectivity index is 1.90. The average Bonchev–Trinajstić information content (AvgIpc) is 2.54. The van der Waals surface area contributed by atoms with Crippen LogP contribution in [0.4, 0.5) is 0 Å². The van der Waals surface area contributed by atoms with Crippen molar-refractivity contribution < 1.29 is 9.90 Å². The second-order valence-electron chi connectivity index (χ2n) is 6.90. The normalized spacial score (nSPS) is 26.5. The average molecular weight is 303 g/mol. The second-order valence-corrected chi connectivity index (χ2v) is 6.90. The first-order valence-corrected chi connectivity index (χ1v) is 8.59. The largest absolute Gasteiger partial charge is 0.480 e. The molecule has 0 aromatic heterocycles. The molecule has 0 bridgehead atoms. The van der Waals surface area contributed by atoms with Crippen LogP contribution < -0.4 is 5.32 Å². The van der Waals surface area contributed by atoms with E-state index in [-0.39, 0.29) is 11.5 Å². The van der Waals surface area contributed by atoms with Crippen LogP contribution in [0.2, 0.25) is 0 Å². The molecule has 1 atom stereocenters. The number of carbonyl (C=O) groups is 1. The summed E-state index contributed by atoms with van der Waals surface area (Å²) in [7, 11) is 0. The third-order valence-corrected chi connectivity index (χ3v) is 5.14. The molecule has 1 fully saturated rings. The summed E-state index contributed by atoms with van der Waals surface area (Å²) in [6, 6.07) is 10.7. The molecule has 0 spiro atoms. The highest BCUT2D eigenvalue weighted by atomic mass is 16.4. The van der Waals surface area contributed by atoms with Crippen molar-refractivity contribution in [2.75, 3.05) is 0 Å². The van der Waals surface area contributed by atoms with E-state index in [1.54, 1.807) is 0 Å². The van der Waals surface area contributed by atoms with Crippen LogP contribution in [0.5, 0.6) is 0 Å². The van der Waals surface area contributed by atoms with Crippen molar-refractivity contribution in [3.8, 4) is 0 Å². The summed E-state index contributed by atoms with van der Waals surface area (Å²) in [6.07, 6.45) is 7.10. The van der Waals surface area contributed by atoms with E-state index in [2.05, 4.69) is 49.5 Å². The molecule has 1 aliphatic carbocycles. The zero-order valence-corrected chi connectivity index (χ0v) is 13.8. The first kappa shape index (κ1) is 17.0. The molecule has 2 rings (SSSR count). The van der Waals surface area contributed by atoms with Crippen LogP contribution in [-0.2, 0) is 10.2 Å². The molecule has 0 aliphatic heterocycles. The van der Waals surface area contributed by atoms with Crippen LogP contribution in [-0.4, -0.2) is 23.2 Å². The van der Waals surface area contributed by atoms with Crippen LogP contribution in [0, 0.1) is 0 Å². The highest BCUT2D eigenvalue weighted by Crippen LogP contribution is 2.39. The Morgan fingerprint density at radius 1 is 1.32 bits per heavy atom. The topological polar surface area (TPSA) is 49.3 Å². The maximum absolute atomic E-state index is 11.4. The van der Waals surface area contributed by atoms with Gasteiger partial charge in [-0.15, -0.1) is 0 Å². The van der Waals surface area contributed by atoms with E-state index < -0.39 is 5.97 Å². The lowest BCUT2D eigenvalue weighted by molar-refractivity contribution is -0.140. The van der Waals surface area contributed by atoms with Crippen molar-refractivity contribution in [3.63, 3.8) is 0 Å². The van der Waals surface area contributed by atoms with Gasteiger partial charge in [-0.25, -0.2) is 0 Å². The molecule has 2 N–H and O–H groups in total. The predicted octanol–water partition coefficient (Wildman–Crippen LogP) is 4.12. The molecule has 3 heteroatoms. The Hall–Kier alpha value is -1.35. The van der Waals surface area contributed by atoms with Crippen molar-refractivity contribution in [2.24, 2.45) is 0 Å². The number of benzene rings is 1. The fourth-order valence-corrected chi connectivity index (χ4v) is 3.52. The smallest absolute Gasteiger partial charge is 0.320 e. The van der Waals surface area contributed by atoms with Gasteiger partial charge in [0, 0.05) is 6.04 Å². The minimum absolute atomic E-state index is 0.238. The van der Waals surface area contributed by atoms with Gasteiger partial charge < -0.3 is 10.4 Å². The number of hydrogen-bond donors (Lipinski definition) is 2. The Bertz CT molecular complexity index is 464. The van der Waals surface area contributed by atoms with Crippen LogP contribution in [0.3, 0.4) is 0 Å². The molecule has 0 saturated heterocycles. The quantitative estimate of drug-likeness (QED) is 0.796. The summed E-state index contributed by atoms with van der Waals surface area (Å²) in [6.45, 7) is 4.44. The van der Waals surface area contributed by atoms with Gasteiger partial charge in [0.2, 0.25) is 0 Å². The molecule has 0 amide bonds. The summed E-state index contributed by atoms with van der Waals surface area (Å²) in [5.74, 6) is -0.704. The lowest BCUT2D eigenvalue weighted by atomic mass is 9.69. The summed E-state index contributed by atoms with van der Waals surface area (Å²) in [4.78, 5) is 11.4. The standard InChI is InChI=1S/C19H29NO2/c1-3-4-10-17(18(21)22)20-16-11-13-19(2,14-12-16)15-8-6-5-7-9-15/h5-9,16-17,20H,3-4,10-14H2,1-2H3,(H,21,22). The van der Waals surface area contributed by atoms with Crippen molar-refractivity contribution in [1.82, 2.24) is 5.32 Å². The number of aliphatic carboxylic acids is 1. The third-order valence-electron chi connectivity index (χ3n) is 5.14. The lowest BCUT2D eigenvalue weighted by Crippen LogP contribution is -2.46. The molecule has 1 aromatic rings. The number of carboxylic acids is 1. The van der Waals surface area contributed by atoms with E-state index in [1.165, 1.54) is 5.56 Å². The highest BCUT2D eigenvalue weighted by molar-refractivity contribution is 5.73. The van der Waals surface area contributed by atoms with Gasteiger partial charge in [0.1, 0.15) is 6.04 Å². The molecule has 1 saturated carbocycles. The SMILES string of the molecule is CCCCC(NC1CCC(C)(c2ccccc2)CC1)C(=O)O. The zero-order chi connectivity index (χ0) is 16.0. The highest BCUT2D eigenvalue weighted by Gasteiger charge is 2.33. The van der Waals surface area contributed by atoms with Gasteiger partial charge in [0.25, 0.3) is 0 Å². The molecule has 1 unspecified atom stereocenters. The van der Waals surface area contributed by atoms with E-state index in [4.69, 9.17) is 0 Å². The first-order chi connectivity index (χ1) is 10.5. The molecule has 122 valence electrons. The molecular formula is C19H29NO2. The molecule has 3 nitrogen and oxygen atoms in total. The van der Waals surface area contributed by atoms with Crippen molar-refractivity contribution in [1.29, 1.82) is 0 Å². The number of hydrogen-bond acceptors (Lipinski definition) is 2. The van der Waals surface area contributed by atoms with Crippen LogP contribution >= 0.6 is 0 Å². The Morgan fingerprint density at radius 3 is 2.50 bits per heavy atom. The van der Waals surface area contributed by atoms with E-state index in [9.17, 15) is 9.90 Å². The number of carboxylic acid groups (broad SMARTS) is 1. The van der Waals surface area contributed by atoms with E-state index in [0.29, 0.717) is 6.04 Å². The van der Waals surface area contributed by atoms with Gasteiger partial charge >= 0.3 is 5.97 Å². The summed E-state index contributed by atoms with van der Waals surface area (Å²) >= 11 is 0. The van der Waals surface area contributed by atoms with Crippen molar-refractivity contribution in [3.05, 3.63) is 35.9 Å². The Labute approximate surface area is 134 Å². The maximum Gasteiger partial charge on any atom is 0.320 e. The lowest BCUT2D eigenvalue weighted by Gasteiger charge is -2.39. The van der Waals surface area contributed by atoms with Crippen molar-refractivity contribution >= 4 is 5.97 Å². The molecular weight excluding hydrogens is 274 g/mol. The fraction of sp³-hybridized carbons (Fsp3) is 0.632. The predicted molar refractivity (Wildman–Crippen MR) is 90.1 cm³/mol. The Morgan fingerprint density at radius 2 is 1.95 bits per heavy atom. The summed E-state index contributed by atoms with van der Waals surface area (Å²) < 4.78 is 0. The fourth-order valence-electron chi connectivity index (χ4n) is 3.52. The van der Waals surface area contributed by atoms with Gasteiger partial charge in [-0.3, -0.25) is 4.79 Å². The monoisotopic (exact) mass is 303 g/mol. The number of unbranched alkanes of at least 4 members (excludes halogenated alkanes) is 1.